The number of rotatable bonds is 1. The highest BCUT2D eigenvalue weighted by Crippen LogP contribution is 2.65. The van der Waals surface area contributed by atoms with Crippen molar-refractivity contribution in [2.24, 2.45) is 34.5 Å². The Bertz CT molecular complexity index is 714. The maximum Gasteiger partial charge on any atom is 0.246 e. The lowest BCUT2D eigenvalue weighted by atomic mass is 9.49. The summed E-state index contributed by atoms with van der Waals surface area (Å²) in [6, 6.07) is 0. The summed E-state index contributed by atoms with van der Waals surface area (Å²) < 4.78 is 0. The predicted octanol–water partition coefficient (Wildman–Crippen LogP) is 3.15. The molecule has 1 amide bonds. The first kappa shape index (κ1) is 17.3. The third-order valence-corrected chi connectivity index (χ3v) is 8.22. The largest absolute Gasteiger partial charge is 0.373 e. The lowest BCUT2D eigenvalue weighted by Gasteiger charge is -2.57. The van der Waals surface area contributed by atoms with Crippen molar-refractivity contribution in [1.82, 2.24) is 5.32 Å². The van der Waals surface area contributed by atoms with Crippen LogP contribution in [0.25, 0.3) is 0 Å². The average molecular weight is 364 g/mol. The monoisotopic (exact) mass is 363 g/mol. The number of aliphatic hydroxyl groups is 1. The van der Waals surface area contributed by atoms with Crippen LogP contribution in [0.3, 0.4) is 0 Å². The first-order valence-electron chi connectivity index (χ1n) is 9.28. The summed E-state index contributed by atoms with van der Waals surface area (Å²) in [6.07, 6.45) is 6.62. The van der Waals surface area contributed by atoms with Crippen LogP contribution >= 0.6 is 11.6 Å². The molecule has 2 fully saturated rings. The third-order valence-electron chi connectivity index (χ3n) is 7.89. The number of fused-ring (bicyclic) bond motifs is 5. The van der Waals surface area contributed by atoms with Crippen molar-refractivity contribution in [3.05, 3.63) is 22.8 Å². The number of allylic oxidation sites excluding steroid dienone is 2. The molecule has 2 saturated carbocycles. The Kier molecular flexibility index (Phi) is 3.76. The van der Waals surface area contributed by atoms with Crippen LogP contribution in [-0.2, 0) is 9.59 Å². The van der Waals surface area contributed by atoms with Crippen molar-refractivity contribution >= 4 is 23.3 Å². The molecule has 0 saturated heterocycles. The Morgan fingerprint density at radius 2 is 2.00 bits per heavy atom. The summed E-state index contributed by atoms with van der Waals surface area (Å²) >= 11 is 6.60. The van der Waals surface area contributed by atoms with Crippen LogP contribution in [0, 0.1) is 34.5 Å². The van der Waals surface area contributed by atoms with Crippen molar-refractivity contribution in [3.8, 4) is 0 Å². The molecule has 0 aromatic rings. The smallest absolute Gasteiger partial charge is 0.246 e. The zero-order valence-electron chi connectivity index (χ0n) is 15.0. The molecule has 1 aliphatic heterocycles. The molecule has 4 nitrogen and oxygen atoms in total. The van der Waals surface area contributed by atoms with Gasteiger partial charge in [0.15, 0.2) is 0 Å². The first-order valence-corrected chi connectivity index (χ1v) is 9.66. The predicted molar refractivity (Wildman–Crippen MR) is 95.5 cm³/mol. The first-order chi connectivity index (χ1) is 11.7. The summed E-state index contributed by atoms with van der Waals surface area (Å²) in [6.45, 7) is 6.01. The topological polar surface area (TPSA) is 66.4 Å². The highest BCUT2D eigenvalue weighted by molar-refractivity contribution is 6.32. The van der Waals surface area contributed by atoms with Gasteiger partial charge in [0.25, 0.3) is 0 Å². The highest BCUT2D eigenvalue weighted by Gasteiger charge is 2.61. The molecule has 1 heterocycles. The molecule has 0 bridgehead atoms. The lowest BCUT2D eigenvalue weighted by molar-refractivity contribution is -0.132. The molecule has 7 atom stereocenters. The van der Waals surface area contributed by atoms with Crippen molar-refractivity contribution in [1.29, 1.82) is 0 Å². The van der Waals surface area contributed by atoms with E-state index in [1.165, 1.54) is 0 Å². The Balaban J connectivity index is 1.80. The molecule has 3 aliphatic carbocycles. The van der Waals surface area contributed by atoms with E-state index in [9.17, 15) is 14.7 Å². The van der Waals surface area contributed by atoms with Crippen LogP contribution < -0.4 is 5.32 Å². The number of ketones is 1. The van der Waals surface area contributed by atoms with E-state index >= 15 is 0 Å². The number of Topliss-reactive ketones (excluding diaryl/α,β-unsaturated/α-hetero) is 1. The molecule has 2 N–H and O–H groups in total. The van der Waals surface area contributed by atoms with Gasteiger partial charge in [-0.3, -0.25) is 9.59 Å². The van der Waals surface area contributed by atoms with E-state index in [1.807, 2.05) is 6.92 Å². The third kappa shape index (κ3) is 2.16. The minimum Gasteiger partial charge on any atom is -0.373 e. The van der Waals surface area contributed by atoms with Crippen molar-refractivity contribution < 1.29 is 14.7 Å². The van der Waals surface area contributed by atoms with Crippen LogP contribution in [0.15, 0.2) is 22.8 Å². The Labute approximate surface area is 153 Å². The van der Waals surface area contributed by atoms with E-state index in [-0.39, 0.29) is 29.1 Å². The molecular formula is C20H26ClNO3. The van der Waals surface area contributed by atoms with Gasteiger partial charge in [-0.15, -0.1) is 0 Å². The molecule has 5 heteroatoms. The molecule has 4 rings (SSSR count). The lowest BCUT2D eigenvalue weighted by Crippen LogP contribution is -2.59. The van der Waals surface area contributed by atoms with Gasteiger partial charge in [0.2, 0.25) is 5.91 Å². The van der Waals surface area contributed by atoms with Crippen LogP contribution in [0.2, 0.25) is 0 Å². The van der Waals surface area contributed by atoms with Crippen LogP contribution in [0.5, 0.6) is 0 Å². The van der Waals surface area contributed by atoms with Crippen LogP contribution in [0.1, 0.15) is 46.5 Å². The second-order valence-electron chi connectivity index (χ2n) is 8.84. The van der Waals surface area contributed by atoms with Gasteiger partial charge in [-0.2, -0.15) is 0 Å². The zero-order valence-corrected chi connectivity index (χ0v) is 15.8. The Hall–Kier alpha value is -1.13. The fourth-order valence-corrected chi connectivity index (χ4v) is 6.95. The van der Waals surface area contributed by atoms with Gasteiger partial charge >= 0.3 is 0 Å². The number of hydrogen-bond donors (Lipinski definition) is 2. The van der Waals surface area contributed by atoms with Gasteiger partial charge in [0.05, 0.1) is 0 Å². The van der Waals surface area contributed by atoms with E-state index in [0.29, 0.717) is 16.7 Å². The summed E-state index contributed by atoms with van der Waals surface area (Å²) in [5, 5.41) is 14.0. The fourth-order valence-electron chi connectivity index (χ4n) is 6.54. The molecule has 0 aromatic heterocycles. The second kappa shape index (κ2) is 5.43. The van der Waals surface area contributed by atoms with E-state index < -0.39 is 11.6 Å². The second-order valence-corrected chi connectivity index (χ2v) is 9.25. The van der Waals surface area contributed by atoms with Gasteiger partial charge < -0.3 is 10.4 Å². The van der Waals surface area contributed by atoms with Crippen molar-refractivity contribution in [2.75, 3.05) is 0 Å². The summed E-state index contributed by atoms with van der Waals surface area (Å²) in [7, 11) is 0. The molecule has 136 valence electrons. The van der Waals surface area contributed by atoms with Gasteiger partial charge in [0.1, 0.15) is 12.0 Å². The quantitative estimate of drug-likeness (QED) is 0.752. The maximum atomic E-state index is 12.2. The molecule has 4 aliphatic rings. The average Bonchev–Trinajstić information content (AvgIpc) is 2.88. The van der Waals surface area contributed by atoms with E-state index in [1.54, 1.807) is 13.0 Å². The number of amides is 1. The van der Waals surface area contributed by atoms with Crippen LogP contribution in [-0.4, -0.2) is 23.0 Å². The molecular weight excluding hydrogens is 338 g/mol. The van der Waals surface area contributed by atoms with Gasteiger partial charge in [-0.05, 0) is 61.3 Å². The molecule has 0 radical (unpaired) electrons. The summed E-state index contributed by atoms with van der Waals surface area (Å²) in [5.74, 6) is 1.00. The minimum atomic E-state index is -0.927. The van der Waals surface area contributed by atoms with E-state index in [4.69, 9.17) is 11.6 Å². The summed E-state index contributed by atoms with van der Waals surface area (Å²) in [4.78, 5) is 24.0. The number of halogens is 1. The van der Waals surface area contributed by atoms with Gasteiger partial charge in [-0.1, -0.05) is 31.5 Å². The van der Waals surface area contributed by atoms with Crippen molar-refractivity contribution in [2.45, 2.75) is 52.7 Å². The fraction of sp³-hybridized carbons (Fsp3) is 0.700. The molecule has 25 heavy (non-hydrogen) atoms. The number of hydrogen-bond acceptors (Lipinski definition) is 3. The normalized spacial score (nSPS) is 48.5. The Morgan fingerprint density at radius 1 is 1.28 bits per heavy atom. The maximum absolute atomic E-state index is 12.2. The van der Waals surface area contributed by atoms with Crippen LogP contribution in [0.4, 0.5) is 0 Å². The number of carbonyl (C=O) groups is 2. The Morgan fingerprint density at radius 3 is 2.68 bits per heavy atom. The standard InChI is InChI=1S/C20H26ClNO3/c1-10(23)12-4-5-13-11-8-16(21)15-9-17(24)22-18(25)20(15,3)14(11)6-7-19(12,13)2/h8-9,11-14,18,25H,4-7H2,1-3H3,(H,22,24)/t11-,12+,13-,14-,18?,19+,20+/m0/s1. The summed E-state index contributed by atoms with van der Waals surface area (Å²) in [5.41, 5.74) is 0.206. The SMILES string of the molecule is CC(=O)[C@H]1CC[C@H]2[C@@H]3C=C(Cl)C4=CC(=O)NC(O)[C@]4(C)[C@H]3CC[C@]12C. The number of aliphatic hydroxyl groups excluding tert-OH is 1. The minimum absolute atomic E-state index is 0.0150. The van der Waals surface area contributed by atoms with Gasteiger partial charge in [0, 0.05) is 22.4 Å². The number of carbonyl (C=O) groups excluding carboxylic acids is 2. The van der Waals surface area contributed by atoms with Crippen molar-refractivity contribution in [3.63, 3.8) is 0 Å². The zero-order chi connectivity index (χ0) is 18.1. The van der Waals surface area contributed by atoms with E-state index in [0.717, 1.165) is 31.3 Å². The van der Waals surface area contributed by atoms with E-state index in [2.05, 4.69) is 18.3 Å². The molecule has 0 spiro atoms. The number of nitrogens with one attached hydrogen (secondary N) is 1. The molecule has 1 unspecified atom stereocenters. The highest BCUT2D eigenvalue weighted by atomic mass is 35.5. The molecule has 0 aromatic carbocycles. The van der Waals surface area contributed by atoms with Gasteiger partial charge in [-0.25, -0.2) is 0 Å².